The van der Waals surface area contributed by atoms with E-state index in [0.29, 0.717) is 18.3 Å². The molecule has 0 bridgehead atoms. The highest BCUT2D eigenvalue weighted by molar-refractivity contribution is 5.35. The maximum Gasteiger partial charge on any atom is 0.269 e. The van der Waals surface area contributed by atoms with Crippen molar-refractivity contribution in [1.82, 2.24) is 5.32 Å². The highest BCUT2D eigenvalue weighted by Gasteiger charge is 2.08. The van der Waals surface area contributed by atoms with E-state index in [-0.39, 0.29) is 12.3 Å². The van der Waals surface area contributed by atoms with E-state index in [0.717, 1.165) is 6.42 Å². The third kappa shape index (κ3) is 5.67. The maximum atomic E-state index is 10.5. The van der Waals surface area contributed by atoms with Crippen LogP contribution < -0.4 is 10.1 Å². The molecule has 0 aromatic heterocycles. The summed E-state index contributed by atoms with van der Waals surface area (Å²) in [5.74, 6) is 0.508. The van der Waals surface area contributed by atoms with Gasteiger partial charge in [-0.2, -0.15) is 0 Å². The summed E-state index contributed by atoms with van der Waals surface area (Å²) >= 11 is 0. The zero-order chi connectivity index (χ0) is 14.3. The van der Waals surface area contributed by atoms with E-state index in [1.54, 1.807) is 0 Å². The number of non-ortho nitro benzene ring substituents is 1. The number of aliphatic hydroxyl groups excluding tert-OH is 1. The van der Waals surface area contributed by atoms with Gasteiger partial charge in [0.1, 0.15) is 18.5 Å². The van der Waals surface area contributed by atoms with Gasteiger partial charge in [0.05, 0.1) is 4.92 Å². The SMILES string of the molecule is CC[C@@H](C)NC[C@H](O)COc1ccc([N+](=O)[O-])cc1. The summed E-state index contributed by atoms with van der Waals surface area (Å²) in [6.07, 6.45) is 0.389. The number of hydrogen-bond donors (Lipinski definition) is 2. The molecule has 0 heterocycles. The van der Waals surface area contributed by atoms with Gasteiger partial charge in [-0.25, -0.2) is 0 Å². The first-order valence-corrected chi connectivity index (χ1v) is 6.31. The Hall–Kier alpha value is -1.66. The molecule has 1 rings (SSSR count). The molecule has 2 atom stereocenters. The van der Waals surface area contributed by atoms with Gasteiger partial charge in [-0.15, -0.1) is 0 Å². The van der Waals surface area contributed by atoms with Crippen molar-refractivity contribution in [1.29, 1.82) is 0 Å². The molecule has 6 nitrogen and oxygen atoms in total. The standard InChI is InChI=1S/C13H20N2O4/c1-3-10(2)14-8-12(16)9-19-13-6-4-11(5-7-13)15(17)18/h4-7,10,12,14,16H,3,8-9H2,1-2H3/t10-,12+/m1/s1. The van der Waals surface area contributed by atoms with E-state index in [4.69, 9.17) is 4.74 Å². The van der Waals surface area contributed by atoms with Crippen molar-refractivity contribution in [3.63, 3.8) is 0 Å². The lowest BCUT2D eigenvalue weighted by molar-refractivity contribution is -0.384. The third-order valence-electron chi connectivity index (χ3n) is 2.80. The summed E-state index contributed by atoms with van der Waals surface area (Å²) in [5.41, 5.74) is 0.0198. The van der Waals surface area contributed by atoms with Crippen LogP contribution in [0.1, 0.15) is 20.3 Å². The molecule has 0 amide bonds. The molecule has 1 aromatic rings. The van der Waals surface area contributed by atoms with Gasteiger partial charge in [0.25, 0.3) is 5.69 Å². The summed E-state index contributed by atoms with van der Waals surface area (Å²) < 4.78 is 5.36. The van der Waals surface area contributed by atoms with Gasteiger partial charge >= 0.3 is 0 Å². The van der Waals surface area contributed by atoms with Crippen molar-refractivity contribution in [2.45, 2.75) is 32.4 Å². The van der Waals surface area contributed by atoms with Crippen LogP contribution in [0.15, 0.2) is 24.3 Å². The van der Waals surface area contributed by atoms with Crippen LogP contribution in [0.3, 0.4) is 0 Å². The molecule has 6 heteroatoms. The Balaban J connectivity index is 2.33. The average Bonchev–Trinajstić information content (AvgIpc) is 2.42. The van der Waals surface area contributed by atoms with Crippen LogP contribution in [0.5, 0.6) is 5.75 Å². The molecule has 1 aromatic carbocycles. The molecule has 0 aliphatic rings. The number of rotatable bonds is 8. The lowest BCUT2D eigenvalue weighted by Crippen LogP contribution is -2.36. The normalized spacial score (nSPS) is 13.8. The molecule has 0 saturated heterocycles. The van der Waals surface area contributed by atoms with Crippen molar-refractivity contribution in [3.05, 3.63) is 34.4 Å². The van der Waals surface area contributed by atoms with Crippen molar-refractivity contribution in [2.75, 3.05) is 13.2 Å². The van der Waals surface area contributed by atoms with Crippen LogP contribution in [-0.2, 0) is 0 Å². The topological polar surface area (TPSA) is 84.6 Å². The lowest BCUT2D eigenvalue weighted by atomic mass is 10.2. The predicted octanol–water partition coefficient (Wildman–Crippen LogP) is 1.72. The molecule has 0 spiro atoms. The number of benzene rings is 1. The second-order valence-corrected chi connectivity index (χ2v) is 4.43. The maximum absolute atomic E-state index is 10.5. The third-order valence-corrected chi connectivity index (χ3v) is 2.80. The summed E-state index contributed by atoms with van der Waals surface area (Å²) in [6, 6.07) is 6.15. The van der Waals surface area contributed by atoms with E-state index in [1.807, 2.05) is 6.92 Å². The molecule has 0 aliphatic carbocycles. The van der Waals surface area contributed by atoms with Crippen LogP contribution in [0.25, 0.3) is 0 Å². The highest BCUT2D eigenvalue weighted by atomic mass is 16.6. The molecule has 0 aliphatic heterocycles. The molecule has 0 fully saturated rings. The molecule has 19 heavy (non-hydrogen) atoms. The second-order valence-electron chi connectivity index (χ2n) is 4.43. The fourth-order valence-electron chi connectivity index (χ4n) is 1.40. The predicted molar refractivity (Wildman–Crippen MR) is 72.4 cm³/mol. The Morgan fingerprint density at radius 1 is 1.42 bits per heavy atom. The first-order chi connectivity index (χ1) is 9.02. The fraction of sp³-hybridized carbons (Fsp3) is 0.538. The zero-order valence-corrected chi connectivity index (χ0v) is 11.2. The summed E-state index contributed by atoms with van der Waals surface area (Å²) in [5, 5.41) is 23.3. The van der Waals surface area contributed by atoms with E-state index >= 15 is 0 Å². The van der Waals surface area contributed by atoms with Gasteiger partial charge < -0.3 is 15.2 Å². The minimum absolute atomic E-state index is 0.0198. The number of hydrogen-bond acceptors (Lipinski definition) is 5. The van der Waals surface area contributed by atoms with Crippen molar-refractivity contribution in [3.8, 4) is 5.75 Å². The fourth-order valence-corrected chi connectivity index (χ4v) is 1.40. The van der Waals surface area contributed by atoms with Crippen molar-refractivity contribution < 1.29 is 14.8 Å². The summed E-state index contributed by atoms with van der Waals surface area (Å²) in [6.45, 7) is 4.73. The Labute approximate surface area is 112 Å². The Morgan fingerprint density at radius 3 is 2.58 bits per heavy atom. The molecule has 2 N–H and O–H groups in total. The Bertz CT molecular complexity index is 394. The highest BCUT2D eigenvalue weighted by Crippen LogP contribution is 2.17. The molecule has 0 saturated carbocycles. The van der Waals surface area contributed by atoms with Gasteiger partial charge in [0, 0.05) is 24.7 Å². The van der Waals surface area contributed by atoms with Crippen molar-refractivity contribution in [2.24, 2.45) is 0 Å². The van der Waals surface area contributed by atoms with E-state index in [1.165, 1.54) is 24.3 Å². The zero-order valence-electron chi connectivity index (χ0n) is 11.2. The van der Waals surface area contributed by atoms with E-state index in [2.05, 4.69) is 12.2 Å². The number of aliphatic hydroxyl groups is 1. The van der Waals surface area contributed by atoms with Crippen LogP contribution in [-0.4, -0.2) is 35.3 Å². The average molecular weight is 268 g/mol. The summed E-state index contributed by atoms with van der Waals surface area (Å²) in [7, 11) is 0. The number of nitro benzene ring substituents is 1. The van der Waals surface area contributed by atoms with Gasteiger partial charge in [0.15, 0.2) is 0 Å². The minimum atomic E-state index is -0.607. The second kappa shape index (κ2) is 7.70. The smallest absolute Gasteiger partial charge is 0.269 e. The molecule has 106 valence electrons. The number of nitrogens with zero attached hydrogens (tertiary/aromatic N) is 1. The van der Waals surface area contributed by atoms with Gasteiger partial charge in [-0.05, 0) is 25.5 Å². The quantitative estimate of drug-likeness (QED) is 0.554. The number of nitro groups is 1. The van der Waals surface area contributed by atoms with Crippen molar-refractivity contribution >= 4 is 5.69 Å². The van der Waals surface area contributed by atoms with Crippen LogP contribution >= 0.6 is 0 Å². The van der Waals surface area contributed by atoms with Crippen LogP contribution in [0.2, 0.25) is 0 Å². The summed E-state index contributed by atoms with van der Waals surface area (Å²) in [4.78, 5) is 10.0. The first kappa shape index (κ1) is 15.4. The van der Waals surface area contributed by atoms with Gasteiger partial charge in [-0.3, -0.25) is 10.1 Å². The number of nitrogens with one attached hydrogen (secondary N) is 1. The molecular weight excluding hydrogens is 248 g/mol. The Morgan fingerprint density at radius 2 is 2.05 bits per heavy atom. The lowest BCUT2D eigenvalue weighted by Gasteiger charge is -2.16. The van der Waals surface area contributed by atoms with Gasteiger partial charge in [-0.1, -0.05) is 6.92 Å². The minimum Gasteiger partial charge on any atom is -0.491 e. The molecular formula is C13H20N2O4. The van der Waals surface area contributed by atoms with Crippen LogP contribution in [0, 0.1) is 10.1 Å². The largest absolute Gasteiger partial charge is 0.491 e. The first-order valence-electron chi connectivity index (χ1n) is 6.31. The van der Waals surface area contributed by atoms with Crippen LogP contribution in [0.4, 0.5) is 5.69 Å². The van der Waals surface area contributed by atoms with E-state index in [9.17, 15) is 15.2 Å². The number of ether oxygens (including phenoxy) is 1. The monoisotopic (exact) mass is 268 g/mol. The Kier molecular flexibility index (Phi) is 6.24. The molecule has 0 unspecified atom stereocenters. The van der Waals surface area contributed by atoms with Gasteiger partial charge in [0.2, 0.25) is 0 Å². The van der Waals surface area contributed by atoms with E-state index < -0.39 is 11.0 Å². The molecule has 0 radical (unpaired) electrons.